The third-order valence-corrected chi connectivity index (χ3v) is 2.92. The van der Waals surface area contributed by atoms with Crippen LogP contribution in [-0.2, 0) is 0 Å². The third-order valence-electron chi connectivity index (χ3n) is 2.76. The van der Waals surface area contributed by atoms with Crippen LogP contribution in [0.4, 0.5) is 5.95 Å². The number of methoxy groups -OCH3 is 1. The van der Waals surface area contributed by atoms with Gasteiger partial charge in [0.25, 0.3) is 0 Å². The Bertz CT molecular complexity index is 384. The first-order chi connectivity index (χ1) is 8.24. The van der Waals surface area contributed by atoms with Crippen molar-refractivity contribution in [3.05, 3.63) is 5.28 Å². The minimum Gasteiger partial charge on any atom is -0.467 e. The molecule has 0 saturated heterocycles. The average molecular weight is 257 g/mol. The molecule has 1 saturated carbocycles. The van der Waals surface area contributed by atoms with Crippen LogP contribution in [-0.4, -0.2) is 34.6 Å². The van der Waals surface area contributed by atoms with Gasteiger partial charge in [0.15, 0.2) is 0 Å². The molecule has 0 amide bonds. The van der Waals surface area contributed by atoms with Gasteiger partial charge in [0.2, 0.25) is 11.2 Å². The Kier molecular flexibility index (Phi) is 3.99. The highest BCUT2D eigenvalue weighted by atomic mass is 35.5. The van der Waals surface area contributed by atoms with Crippen LogP contribution in [0.3, 0.4) is 0 Å². The molecule has 5 nitrogen and oxygen atoms in total. The predicted molar refractivity (Wildman–Crippen MR) is 66.7 cm³/mol. The SMILES string of the molecule is CCCCN(c1nc(Cl)nc(OC)n1)C1CC1. The zero-order valence-corrected chi connectivity index (χ0v) is 10.9. The van der Waals surface area contributed by atoms with E-state index < -0.39 is 0 Å². The highest BCUT2D eigenvalue weighted by Gasteiger charge is 2.31. The van der Waals surface area contributed by atoms with Crippen LogP contribution < -0.4 is 9.64 Å². The molecule has 0 aromatic carbocycles. The maximum Gasteiger partial charge on any atom is 0.322 e. The first-order valence-electron chi connectivity index (χ1n) is 5.96. The molecular weight excluding hydrogens is 240 g/mol. The number of halogens is 1. The second kappa shape index (κ2) is 5.49. The minimum absolute atomic E-state index is 0.189. The molecular formula is C11H17ClN4O. The van der Waals surface area contributed by atoms with Gasteiger partial charge in [0, 0.05) is 12.6 Å². The molecule has 2 rings (SSSR count). The molecule has 1 aliphatic rings. The number of hydrogen-bond donors (Lipinski definition) is 0. The van der Waals surface area contributed by atoms with Crippen LogP contribution in [0.15, 0.2) is 0 Å². The van der Waals surface area contributed by atoms with Crippen molar-refractivity contribution in [2.24, 2.45) is 0 Å². The van der Waals surface area contributed by atoms with Crippen molar-refractivity contribution >= 4 is 17.5 Å². The fraction of sp³-hybridized carbons (Fsp3) is 0.727. The molecule has 17 heavy (non-hydrogen) atoms. The number of aromatic nitrogens is 3. The second-order valence-corrected chi connectivity index (χ2v) is 4.51. The molecule has 1 aromatic heterocycles. The minimum atomic E-state index is 0.189. The second-order valence-electron chi connectivity index (χ2n) is 4.17. The molecule has 1 aliphatic carbocycles. The normalized spacial score (nSPS) is 14.8. The maximum atomic E-state index is 5.86. The molecule has 6 heteroatoms. The summed E-state index contributed by atoms with van der Waals surface area (Å²) >= 11 is 5.86. The Labute approximate surface area is 106 Å². The summed E-state index contributed by atoms with van der Waals surface area (Å²) in [4.78, 5) is 14.5. The first-order valence-corrected chi connectivity index (χ1v) is 6.34. The molecule has 0 bridgehead atoms. The lowest BCUT2D eigenvalue weighted by atomic mass is 10.3. The van der Waals surface area contributed by atoms with Crippen LogP contribution in [0, 0.1) is 0 Å². The van der Waals surface area contributed by atoms with Crippen molar-refractivity contribution in [2.45, 2.75) is 38.6 Å². The smallest absolute Gasteiger partial charge is 0.322 e. The largest absolute Gasteiger partial charge is 0.467 e. The number of anilines is 1. The highest BCUT2D eigenvalue weighted by Crippen LogP contribution is 2.30. The Morgan fingerprint density at radius 1 is 1.35 bits per heavy atom. The Morgan fingerprint density at radius 2 is 2.12 bits per heavy atom. The van der Waals surface area contributed by atoms with Crippen molar-refractivity contribution in [3.8, 4) is 6.01 Å². The fourth-order valence-corrected chi connectivity index (χ4v) is 1.85. The number of unbranched alkanes of at least 4 members (excludes halogenated alkanes) is 1. The molecule has 0 N–H and O–H groups in total. The lowest BCUT2D eigenvalue weighted by molar-refractivity contribution is 0.377. The van der Waals surface area contributed by atoms with Crippen LogP contribution in [0.2, 0.25) is 5.28 Å². The van der Waals surface area contributed by atoms with E-state index in [-0.39, 0.29) is 11.3 Å². The predicted octanol–water partition coefficient (Wildman–Crippen LogP) is 2.30. The van der Waals surface area contributed by atoms with Crippen molar-refractivity contribution in [1.82, 2.24) is 15.0 Å². The molecule has 0 unspecified atom stereocenters. The van der Waals surface area contributed by atoms with Gasteiger partial charge in [0.05, 0.1) is 7.11 Å². The van der Waals surface area contributed by atoms with Gasteiger partial charge >= 0.3 is 6.01 Å². The van der Waals surface area contributed by atoms with Crippen LogP contribution in [0.5, 0.6) is 6.01 Å². The first kappa shape index (κ1) is 12.4. The van der Waals surface area contributed by atoms with Crippen molar-refractivity contribution in [2.75, 3.05) is 18.6 Å². The van der Waals surface area contributed by atoms with Gasteiger partial charge in [-0.1, -0.05) is 13.3 Å². The summed E-state index contributed by atoms with van der Waals surface area (Å²) in [7, 11) is 1.53. The van der Waals surface area contributed by atoms with E-state index in [0.717, 1.165) is 19.4 Å². The topological polar surface area (TPSA) is 51.1 Å². The zero-order chi connectivity index (χ0) is 12.3. The van der Waals surface area contributed by atoms with E-state index >= 15 is 0 Å². The van der Waals surface area contributed by atoms with E-state index in [1.165, 1.54) is 20.0 Å². The molecule has 1 fully saturated rings. The summed E-state index contributed by atoms with van der Waals surface area (Å²) in [5.74, 6) is 0.637. The Hall–Kier alpha value is -1.10. The summed E-state index contributed by atoms with van der Waals surface area (Å²) in [6.07, 6.45) is 4.69. The monoisotopic (exact) mass is 256 g/mol. The summed E-state index contributed by atoms with van der Waals surface area (Å²) in [6, 6.07) is 0.840. The van der Waals surface area contributed by atoms with Gasteiger partial charge < -0.3 is 9.64 Å². The number of nitrogens with zero attached hydrogens (tertiary/aromatic N) is 4. The average Bonchev–Trinajstić information content (AvgIpc) is 3.13. The van der Waals surface area contributed by atoms with Crippen molar-refractivity contribution in [1.29, 1.82) is 0 Å². The van der Waals surface area contributed by atoms with E-state index in [9.17, 15) is 0 Å². The fourth-order valence-electron chi connectivity index (χ4n) is 1.70. The van der Waals surface area contributed by atoms with Gasteiger partial charge in [-0.2, -0.15) is 15.0 Å². The van der Waals surface area contributed by atoms with Gasteiger partial charge in [-0.25, -0.2) is 0 Å². The summed E-state index contributed by atoms with van der Waals surface area (Å²) in [5, 5.41) is 0.189. The number of ether oxygens (including phenoxy) is 1. The Morgan fingerprint density at radius 3 is 2.71 bits per heavy atom. The lowest BCUT2D eigenvalue weighted by Gasteiger charge is -2.22. The van der Waals surface area contributed by atoms with Crippen molar-refractivity contribution < 1.29 is 4.74 Å². The van der Waals surface area contributed by atoms with Gasteiger partial charge in [-0.15, -0.1) is 0 Å². The van der Waals surface area contributed by atoms with Gasteiger partial charge in [0.1, 0.15) is 0 Å². The van der Waals surface area contributed by atoms with Gasteiger partial charge in [-0.3, -0.25) is 0 Å². The summed E-state index contributed by atoms with van der Waals surface area (Å²) in [5.41, 5.74) is 0. The molecule has 1 heterocycles. The molecule has 0 spiro atoms. The van der Waals surface area contributed by atoms with E-state index in [1.54, 1.807) is 0 Å². The molecule has 0 radical (unpaired) electrons. The van der Waals surface area contributed by atoms with E-state index in [4.69, 9.17) is 16.3 Å². The van der Waals surface area contributed by atoms with Crippen LogP contribution in [0.1, 0.15) is 32.6 Å². The lowest BCUT2D eigenvalue weighted by Crippen LogP contribution is -2.29. The molecule has 0 aliphatic heterocycles. The molecule has 1 aromatic rings. The number of hydrogen-bond acceptors (Lipinski definition) is 5. The van der Waals surface area contributed by atoms with Gasteiger partial charge in [-0.05, 0) is 30.9 Å². The van der Waals surface area contributed by atoms with E-state index in [1.807, 2.05) is 0 Å². The number of rotatable bonds is 6. The third kappa shape index (κ3) is 3.19. The molecule has 94 valence electrons. The van der Waals surface area contributed by atoms with E-state index in [0.29, 0.717) is 12.0 Å². The van der Waals surface area contributed by atoms with Crippen LogP contribution in [0.25, 0.3) is 0 Å². The summed E-state index contributed by atoms with van der Waals surface area (Å²) < 4.78 is 5.02. The maximum absolute atomic E-state index is 5.86. The standard InChI is InChI=1S/C11H17ClN4O/c1-3-4-7-16(8-5-6-8)10-13-9(12)14-11(15-10)17-2/h8H,3-7H2,1-2H3. The van der Waals surface area contributed by atoms with Crippen molar-refractivity contribution in [3.63, 3.8) is 0 Å². The summed E-state index contributed by atoms with van der Waals surface area (Å²) in [6.45, 7) is 3.14. The Balaban J connectivity index is 2.18. The zero-order valence-electron chi connectivity index (χ0n) is 10.2. The van der Waals surface area contributed by atoms with Crippen LogP contribution >= 0.6 is 11.6 Å². The van der Waals surface area contributed by atoms with E-state index in [2.05, 4.69) is 26.8 Å². The molecule has 0 atom stereocenters. The quantitative estimate of drug-likeness (QED) is 0.782. The highest BCUT2D eigenvalue weighted by molar-refractivity contribution is 6.28.